The summed E-state index contributed by atoms with van der Waals surface area (Å²) in [6.07, 6.45) is 3.32. The maximum Gasteiger partial charge on any atom is 0.237 e. The lowest BCUT2D eigenvalue weighted by Gasteiger charge is -2.29. The minimum absolute atomic E-state index is 0.0610. The first-order chi connectivity index (χ1) is 16.8. The molecule has 0 N–H and O–H groups in total. The van der Waals surface area contributed by atoms with Gasteiger partial charge in [0, 0.05) is 46.3 Å². The van der Waals surface area contributed by atoms with Crippen LogP contribution < -0.4 is 36.5 Å². The molecule has 0 spiro atoms. The summed E-state index contributed by atoms with van der Waals surface area (Å²) in [5.74, 6) is 0. The van der Waals surface area contributed by atoms with E-state index < -0.39 is 27.1 Å². The topological polar surface area (TPSA) is 57.7 Å². The molecule has 0 aliphatic carbocycles. The molecule has 0 saturated heterocycles. The van der Waals surface area contributed by atoms with Crippen molar-refractivity contribution in [2.75, 3.05) is 23.9 Å². The maximum atomic E-state index is 13.5. The van der Waals surface area contributed by atoms with Crippen LogP contribution in [0.15, 0.2) is 50.8 Å². The average Bonchev–Trinajstić information content (AvgIpc) is 3.21. The third kappa shape index (κ3) is 3.40. The molecule has 2 unspecified atom stereocenters. The lowest BCUT2D eigenvalue weighted by atomic mass is 9.80. The molecule has 3 aromatic rings. The molecule has 2 heterocycles. The van der Waals surface area contributed by atoms with Crippen molar-refractivity contribution in [3.8, 4) is 0 Å². The Bertz CT molecular complexity index is 1560. The Morgan fingerprint density at radius 3 is 1.39 bits per heavy atom. The number of benzene rings is 2. The zero-order chi connectivity index (χ0) is 26.3. The monoisotopic (exact) mass is 522 g/mol. The number of anilines is 2. The van der Waals surface area contributed by atoms with Crippen LogP contribution in [0.5, 0.6) is 0 Å². The molecule has 5 rings (SSSR count). The van der Waals surface area contributed by atoms with E-state index in [4.69, 9.17) is 23.2 Å². The van der Waals surface area contributed by atoms with Crippen molar-refractivity contribution in [2.24, 2.45) is 0 Å². The summed E-state index contributed by atoms with van der Waals surface area (Å²) in [5.41, 5.74) is 1.18. The number of halogens is 2. The Hall–Kier alpha value is -2.89. The molecule has 0 radical (unpaired) electrons. The van der Waals surface area contributed by atoms with Crippen molar-refractivity contribution in [3.05, 3.63) is 98.7 Å². The highest BCUT2D eigenvalue weighted by molar-refractivity contribution is 6.31. The SMILES string of the molecule is CN1c2ccc(Cl)cc2C(C)(C)C1C=c1c(=O)c(=O)c(=CC2N(C)c3ccc(Cl)cc3C2(C)C)c1=O. The molecule has 2 aliphatic heterocycles. The molecule has 7 heteroatoms. The van der Waals surface area contributed by atoms with Crippen LogP contribution >= 0.6 is 23.2 Å². The molecule has 0 bridgehead atoms. The Morgan fingerprint density at radius 2 is 1.03 bits per heavy atom. The summed E-state index contributed by atoms with van der Waals surface area (Å²) >= 11 is 12.5. The first-order valence-corrected chi connectivity index (χ1v) is 12.7. The van der Waals surface area contributed by atoms with Crippen LogP contribution in [0.2, 0.25) is 10.0 Å². The zero-order valence-electron chi connectivity index (χ0n) is 21.1. The predicted molar refractivity (Wildman–Crippen MR) is 149 cm³/mol. The van der Waals surface area contributed by atoms with Gasteiger partial charge in [-0.15, -0.1) is 0 Å². The molecule has 0 aromatic heterocycles. The van der Waals surface area contributed by atoms with Gasteiger partial charge in [0.15, 0.2) is 0 Å². The van der Waals surface area contributed by atoms with E-state index in [9.17, 15) is 14.4 Å². The van der Waals surface area contributed by atoms with E-state index in [1.54, 1.807) is 12.2 Å². The van der Waals surface area contributed by atoms with Crippen LogP contribution in [0.1, 0.15) is 38.8 Å². The number of rotatable bonds is 2. The van der Waals surface area contributed by atoms with Gasteiger partial charge < -0.3 is 9.80 Å². The average molecular weight is 523 g/mol. The van der Waals surface area contributed by atoms with Gasteiger partial charge in [-0.3, -0.25) is 14.4 Å². The van der Waals surface area contributed by atoms with Crippen LogP contribution in [0.4, 0.5) is 11.4 Å². The van der Waals surface area contributed by atoms with Gasteiger partial charge in [-0.05, 0) is 59.7 Å². The van der Waals surface area contributed by atoms with Crippen LogP contribution in [-0.2, 0) is 10.8 Å². The molecular weight excluding hydrogens is 495 g/mol. The van der Waals surface area contributed by atoms with Crippen LogP contribution in [0, 0.1) is 0 Å². The number of likely N-dealkylation sites (N-methyl/N-ethyl adjacent to an activating group) is 2. The normalized spacial score (nSPS) is 22.9. The second-order valence-electron chi connectivity index (χ2n) is 11.0. The summed E-state index contributed by atoms with van der Waals surface area (Å²) in [6.45, 7) is 8.20. The fourth-order valence-electron chi connectivity index (χ4n) is 6.11. The second-order valence-corrected chi connectivity index (χ2v) is 11.9. The standard InChI is InChI=1S/C29H28Cl2N2O3/c1-28(2)19-11-15(30)7-9-21(19)32(5)23(28)13-17-25(34)18(27(36)26(17)35)14-24-29(3,4)20-12-16(31)8-10-22(20)33(24)6/h7-14,23-24H,1-6H3. The Morgan fingerprint density at radius 1 is 0.667 bits per heavy atom. The van der Waals surface area contributed by atoms with Gasteiger partial charge in [0.2, 0.25) is 16.3 Å². The fourth-order valence-corrected chi connectivity index (χ4v) is 6.45. The van der Waals surface area contributed by atoms with Crippen molar-refractivity contribution in [3.63, 3.8) is 0 Å². The van der Waals surface area contributed by atoms with E-state index in [2.05, 4.69) is 0 Å². The molecule has 0 amide bonds. The molecule has 2 atom stereocenters. The molecule has 3 aromatic carbocycles. The van der Waals surface area contributed by atoms with E-state index in [-0.39, 0.29) is 22.5 Å². The summed E-state index contributed by atoms with van der Waals surface area (Å²) in [5, 5.41) is 1.13. The van der Waals surface area contributed by atoms with Gasteiger partial charge in [0.1, 0.15) is 0 Å². The number of nitrogens with zero attached hydrogens (tertiary/aromatic N) is 2. The molecule has 2 aliphatic rings. The molecule has 5 nitrogen and oxygen atoms in total. The number of hydrogen-bond acceptors (Lipinski definition) is 5. The van der Waals surface area contributed by atoms with E-state index in [1.165, 1.54) is 0 Å². The molecule has 36 heavy (non-hydrogen) atoms. The van der Waals surface area contributed by atoms with Crippen molar-refractivity contribution in [1.29, 1.82) is 0 Å². The smallest absolute Gasteiger partial charge is 0.237 e. The Balaban J connectivity index is 1.66. The van der Waals surface area contributed by atoms with Gasteiger partial charge in [-0.25, -0.2) is 0 Å². The van der Waals surface area contributed by atoms with Gasteiger partial charge in [-0.1, -0.05) is 50.9 Å². The van der Waals surface area contributed by atoms with Gasteiger partial charge in [-0.2, -0.15) is 0 Å². The summed E-state index contributed by atoms with van der Waals surface area (Å²) in [6, 6.07) is 10.8. The molecular formula is C29H28Cl2N2O3. The highest BCUT2D eigenvalue weighted by Crippen LogP contribution is 2.46. The predicted octanol–water partition coefficient (Wildman–Crippen LogP) is 3.10. The second kappa shape index (κ2) is 8.06. The van der Waals surface area contributed by atoms with Crippen LogP contribution in [-0.4, -0.2) is 26.2 Å². The van der Waals surface area contributed by atoms with Crippen molar-refractivity contribution >= 4 is 46.7 Å². The molecule has 0 fully saturated rings. The highest BCUT2D eigenvalue weighted by atomic mass is 35.5. The number of hydrogen-bond donors (Lipinski definition) is 0. The van der Waals surface area contributed by atoms with E-state index in [0.717, 1.165) is 22.5 Å². The zero-order valence-corrected chi connectivity index (χ0v) is 22.7. The summed E-state index contributed by atoms with van der Waals surface area (Å²) in [4.78, 5) is 43.8. The largest absolute Gasteiger partial charge is 0.367 e. The molecule has 186 valence electrons. The number of fused-ring (bicyclic) bond motifs is 2. The Kier molecular flexibility index (Phi) is 5.55. The maximum absolute atomic E-state index is 13.5. The third-order valence-corrected chi connectivity index (χ3v) is 8.68. The van der Waals surface area contributed by atoms with Crippen molar-refractivity contribution in [1.82, 2.24) is 0 Å². The first-order valence-electron chi connectivity index (χ1n) is 11.9. The lowest BCUT2D eigenvalue weighted by Crippen LogP contribution is -2.45. The van der Waals surface area contributed by atoms with E-state index >= 15 is 0 Å². The van der Waals surface area contributed by atoms with Crippen LogP contribution in [0.3, 0.4) is 0 Å². The van der Waals surface area contributed by atoms with Gasteiger partial charge in [0.05, 0.1) is 22.5 Å². The Labute approximate surface area is 219 Å². The van der Waals surface area contributed by atoms with E-state index in [0.29, 0.717) is 10.0 Å². The van der Waals surface area contributed by atoms with Crippen LogP contribution in [0.25, 0.3) is 12.2 Å². The van der Waals surface area contributed by atoms with E-state index in [1.807, 2.05) is 88.0 Å². The molecule has 0 saturated carbocycles. The van der Waals surface area contributed by atoms with Crippen molar-refractivity contribution < 1.29 is 0 Å². The summed E-state index contributed by atoms with van der Waals surface area (Å²) in [7, 11) is 3.84. The highest BCUT2D eigenvalue weighted by Gasteiger charge is 2.43. The minimum atomic E-state index is -0.747. The fraction of sp³-hybridized carbons (Fsp3) is 0.345. The third-order valence-electron chi connectivity index (χ3n) is 8.21. The summed E-state index contributed by atoms with van der Waals surface area (Å²) < 4.78 is 0. The van der Waals surface area contributed by atoms with Gasteiger partial charge >= 0.3 is 0 Å². The quantitative estimate of drug-likeness (QED) is 0.484. The van der Waals surface area contributed by atoms with Crippen molar-refractivity contribution in [2.45, 2.75) is 50.6 Å². The van der Waals surface area contributed by atoms with Gasteiger partial charge in [0.25, 0.3) is 0 Å². The lowest BCUT2D eigenvalue weighted by molar-refractivity contribution is 0.504. The minimum Gasteiger partial charge on any atom is -0.367 e. The first kappa shape index (κ1) is 24.8.